The molecule has 1 aliphatic rings. The number of benzene rings is 3. The Hall–Kier alpha value is -2.32. The fourth-order valence-corrected chi connectivity index (χ4v) is 6.22. The first-order chi connectivity index (χ1) is 16.2. The number of nitrogens with zero attached hydrogens (tertiary/aromatic N) is 1. The van der Waals surface area contributed by atoms with Crippen molar-refractivity contribution in [2.75, 3.05) is 25.4 Å². The van der Waals surface area contributed by atoms with Gasteiger partial charge in [-0.1, -0.05) is 35.9 Å². The highest BCUT2D eigenvalue weighted by Crippen LogP contribution is 2.45. The first-order valence-electron chi connectivity index (χ1n) is 11.1. The molecule has 0 amide bonds. The minimum absolute atomic E-state index is 0.0267. The van der Waals surface area contributed by atoms with E-state index < -0.39 is 15.4 Å². The molecule has 3 aromatic carbocycles. The second-order valence-corrected chi connectivity index (χ2v) is 11.2. The van der Waals surface area contributed by atoms with Gasteiger partial charge in [0.05, 0.1) is 16.2 Å². The maximum Gasteiger partial charge on any atom is 0.179 e. The van der Waals surface area contributed by atoms with Crippen LogP contribution in [0.15, 0.2) is 77.7 Å². The number of hydrogen-bond donors (Lipinski definition) is 1. The number of aliphatic hydroxyl groups is 1. The van der Waals surface area contributed by atoms with Crippen LogP contribution in [0.3, 0.4) is 0 Å². The van der Waals surface area contributed by atoms with Crippen LogP contribution in [-0.4, -0.2) is 43.9 Å². The third-order valence-electron chi connectivity index (χ3n) is 6.64. The standard InChI is InChI=1S/C26H26ClF2NO3S/c27-22-5-11-25(12-6-22)34(32,33)16-15-30-14-13-19(18-31)17-26(30,20-1-7-23(28)8-2-20)21-3-9-24(29)10-4-21/h1-12,19,31H,13-18H2. The van der Waals surface area contributed by atoms with Gasteiger partial charge in [0.2, 0.25) is 0 Å². The van der Waals surface area contributed by atoms with Gasteiger partial charge in [0.25, 0.3) is 0 Å². The fraction of sp³-hybridized carbons (Fsp3) is 0.308. The van der Waals surface area contributed by atoms with Gasteiger partial charge in [0, 0.05) is 18.2 Å². The van der Waals surface area contributed by atoms with Crippen molar-refractivity contribution in [2.24, 2.45) is 5.92 Å². The van der Waals surface area contributed by atoms with E-state index in [-0.39, 0.29) is 41.4 Å². The van der Waals surface area contributed by atoms with E-state index >= 15 is 0 Å². The van der Waals surface area contributed by atoms with Crippen LogP contribution in [0.4, 0.5) is 8.78 Å². The molecule has 0 saturated carbocycles. The van der Waals surface area contributed by atoms with Crippen molar-refractivity contribution in [3.8, 4) is 0 Å². The lowest BCUT2D eigenvalue weighted by molar-refractivity contribution is 0.0318. The predicted octanol–water partition coefficient (Wildman–Crippen LogP) is 5.04. The smallest absolute Gasteiger partial charge is 0.179 e. The summed E-state index contributed by atoms with van der Waals surface area (Å²) in [6.07, 6.45) is 1.17. The van der Waals surface area contributed by atoms with E-state index in [4.69, 9.17) is 11.6 Å². The van der Waals surface area contributed by atoms with Crippen molar-refractivity contribution in [1.82, 2.24) is 4.90 Å². The van der Waals surface area contributed by atoms with Crippen molar-refractivity contribution in [1.29, 1.82) is 0 Å². The summed E-state index contributed by atoms with van der Waals surface area (Å²) in [4.78, 5) is 2.25. The highest BCUT2D eigenvalue weighted by Gasteiger charge is 2.45. The van der Waals surface area contributed by atoms with Gasteiger partial charge in [-0.2, -0.15) is 0 Å². The Kier molecular flexibility index (Phi) is 7.38. The summed E-state index contributed by atoms with van der Waals surface area (Å²) in [5.41, 5.74) is 0.688. The summed E-state index contributed by atoms with van der Waals surface area (Å²) in [5.74, 6) is -0.948. The normalized spacial score (nSPS) is 18.6. The minimum Gasteiger partial charge on any atom is -0.396 e. The van der Waals surface area contributed by atoms with Crippen LogP contribution in [0.5, 0.6) is 0 Å². The Morgan fingerprint density at radius 3 is 1.94 bits per heavy atom. The van der Waals surface area contributed by atoms with E-state index in [1.807, 2.05) is 0 Å². The molecule has 0 spiro atoms. The van der Waals surface area contributed by atoms with Crippen LogP contribution >= 0.6 is 11.6 Å². The van der Waals surface area contributed by atoms with Crippen molar-refractivity contribution >= 4 is 21.4 Å². The number of hydrogen-bond acceptors (Lipinski definition) is 4. The van der Waals surface area contributed by atoms with Crippen LogP contribution in [0.25, 0.3) is 0 Å². The molecule has 1 fully saturated rings. The molecule has 34 heavy (non-hydrogen) atoms. The van der Waals surface area contributed by atoms with Gasteiger partial charge in [-0.05, 0) is 85.0 Å². The Morgan fingerprint density at radius 1 is 0.912 bits per heavy atom. The largest absolute Gasteiger partial charge is 0.396 e. The first kappa shape index (κ1) is 24.8. The lowest BCUT2D eigenvalue weighted by Gasteiger charge is -2.50. The molecule has 0 aliphatic carbocycles. The van der Waals surface area contributed by atoms with Crippen molar-refractivity contribution in [3.05, 3.63) is 101 Å². The molecular weight excluding hydrogens is 480 g/mol. The number of rotatable bonds is 7. The van der Waals surface area contributed by atoms with Gasteiger partial charge in [0.15, 0.2) is 9.84 Å². The molecule has 1 saturated heterocycles. The van der Waals surface area contributed by atoms with E-state index in [0.717, 1.165) is 11.1 Å². The SMILES string of the molecule is O=S(=O)(CCN1CCC(CO)CC1(c1ccc(F)cc1)c1ccc(F)cc1)c1ccc(Cl)cc1. The molecule has 1 atom stereocenters. The molecule has 0 radical (unpaired) electrons. The van der Waals surface area contributed by atoms with E-state index in [1.165, 1.54) is 36.4 Å². The van der Waals surface area contributed by atoms with Crippen molar-refractivity contribution in [2.45, 2.75) is 23.3 Å². The summed E-state index contributed by atoms with van der Waals surface area (Å²) in [6, 6.07) is 18.3. The predicted molar refractivity (Wildman–Crippen MR) is 128 cm³/mol. The maximum atomic E-state index is 13.8. The molecular formula is C26H26ClF2NO3S. The van der Waals surface area contributed by atoms with E-state index in [0.29, 0.717) is 24.4 Å². The topological polar surface area (TPSA) is 57.6 Å². The highest BCUT2D eigenvalue weighted by molar-refractivity contribution is 7.91. The lowest BCUT2D eigenvalue weighted by atomic mass is 9.71. The van der Waals surface area contributed by atoms with Crippen LogP contribution in [-0.2, 0) is 15.4 Å². The quantitative estimate of drug-likeness (QED) is 0.489. The summed E-state index contributed by atoms with van der Waals surface area (Å²) in [7, 11) is -3.59. The van der Waals surface area contributed by atoms with Gasteiger partial charge in [-0.15, -0.1) is 0 Å². The monoisotopic (exact) mass is 505 g/mol. The van der Waals surface area contributed by atoms with Crippen LogP contribution < -0.4 is 0 Å². The maximum absolute atomic E-state index is 13.8. The molecule has 1 heterocycles. The molecule has 8 heteroatoms. The molecule has 4 nitrogen and oxygen atoms in total. The average Bonchev–Trinajstić information content (AvgIpc) is 2.84. The summed E-state index contributed by atoms with van der Waals surface area (Å²) >= 11 is 5.91. The van der Waals surface area contributed by atoms with Gasteiger partial charge in [-0.3, -0.25) is 4.90 Å². The third-order valence-corrected chi connectivity index (χ3v) is 8.60. The number of aliphatic hydroxyl groups excluding tert-OH is 1. The lowest BCUT2D eigenvalue weighted by Crippen LogP contribution is -2.54. The Morgan fingerprint density at radius 2 is 1.44 bits per heavy atom. The third kappa shape index (κ3) is 5.03. The van der Waals surface area contributed by atoms with E-state index in [2.05, 4.69) is 4.90 Å². The Balaban J connectivity index is 1.76. The fourth-order valence-electron chi connectivity index (χ4n) is 4.85. The molecule has 0 aromatic heterocycles. The van der Waals surface area contributed by atoms with Gasteiger partial charge in [-0.25, -0.2) is 17.2 Å². The Bertz CT molecular complexity index is 1170. The molecule has 1 N–H and O–H groups in total. The molecule has 1 unspecified atom stereocenters. The van der Waals surface area contributed by atoms with E-state index in [1.54, 1.807) is 36.4 Å². The van der Waals surface area contributed by atoms with Crippen LogP contribution in [0, 0.1) is 17.6 Å². The number of sulfone groups is 1. The zero-order chi connectivity index (χ0) is 24.3. The molecule has 4 rings (SSSR count). The highest BCUT2D eigenvalue weighted by atomic mass is 35.5. The molecule has 0 bridgehead atoms. The van der Waals surface area contributed by atoms with Gasteiger partial charge < -0.3 is 5.11 Å². The molecule has 180 valence electrons. The first-order valence-corrected chi connectivity index (χ1v) is 13.1. The number of piperidine rings is 1. The summed E-state index contributed by atoms with van der Waals surface area (Å²) in [6.45, 7) is 0.703. The van der Waals surface area contributed by atoms with E-state index in [9.17, 15) is 22.3 Å². The summed E-state index contributed by atoms with van der Waals surface area (Å²) in [5, 5.41) is 10.4. The zero-order valence-corrected chi connectivity index (χ0v) is 20.1. The van der Waals surface area contributed by atoms with Gasteiger partial charge in [0.1, 0.15) is 11.6 Å². The van der Waals surface area contributed by atoms with Crippen LogP contribution in [0.2, 0.25) is 5.02 Å². The van der Waals surface area contributed by atoms with Crippen molar-refractivity contribution in [3.63, 3.8) is 0 Å². The zero-order valence-electron chi connectivity index (χ0n) is 18.5. The summed E-state index contributed by atoms with van der Waals surface area (Å²) < 4.78 is 53.7. The second kappa shape index (κ2) is 10.1. The second-order valence-electron chi connectivity index (χ2n) is 8.68. The number of likely N-dealkylation sites (tertiary alicyclic amines) is 1. The minimum atomic E-state index is -3.59. The molecule has 3 aromatic rings. The van der Waals surface area contributed by atoms with Gasteiger partial charge >= 0.3 is 0 Å². The molecule has 1 aliphatic heterocycles. The Labute approximate surface area is 203 Å². The van der Waals surface area contributed by atoms with Crippen LogP contribution in [0.1, 0.15) is 24.0 Å². The number of halogens is 3. The average molecular weight is 506 g/mol. The van der Waals surface area contributed by atoms with Crippen molar-refractivity contribution < 1.29 is 22.3 Å².